The van der Waals surface area contributed by atoms with Gasteiger partial charge in [-0.3, -0.25) is 0 Å². The Bertz CT molecular complexity index is 995. The van der Waals surface area contributed by atoms with Crippen LogP contribution in [0.5, 0.6) is 0 Å². The largest absolute Gasteiger partial charge is 0.478 e. The molecule has 0 spiro atoms. The van der Waals surface area contributed by atoms with Gasteiger partial charge in [0.2, 0.25) is 5.95 Å². The Balaban J connectivity index is 1.71. The average Bonchev–Trinajstić information content (AvgIpc) is 3.01. The predicted octanol–water partition coefficient (Wildman–Crippen LogP) is 3.12. The van der Waals surface area contributed by atoms with E-state index in [0.29, 0.717) is 43.0 Å². The molecule has 4 rings (SSSR count). The van der Waals surface area contributed by atoms with Gasteiger partial charge in [0, 0.05) is 24.8 Å². The van der Waals surface area contributed by atoms with Crippen molar-refractivity contribution in [2.75, 3.05) is 36.5 Å². The number of benzene rings is 2. The molecule has 2 aromatic carbocycles. The third kappa shape index (κ3) is 3.54. The number of rotatable bonds is 4. The van der Waals surface area contributed by atoms with Gasteiger partial charge in [-0.05, 0) is 24.3 Å². The lowest BCUT2D eigenvalue weighted by Crippen LogP contribution is -2.37. The molecule has 0 saturated carbocycles. The highest BCUT2D eigenvalue weighted by Gasteiger charge is 2.20. The van der Waals surface area contributed by atoms with Crippen LogP contribution in [0, 0.1) is 11.6 Å². The number of nitrogens with zero attached hydrogens (tertiary/aromatic N) is 2. The molecule has 1 saturated heterocycles. The zero-order valence-electron chi connectivity index (χ0n) is 14.1. The molecule has 9 heteroatoms. The lowest BCUT2D eigenvalue weighted by Gasteiger charge is -2.29. The monoisotopic (exact) mass is 374 g/mol. The molecule has 1 aliphatic heterocycles. The van der Waals surface area contributed by atoms with E-state index in [-0.39, 0.29) is 17.2 Å². The van der Waals surface area contributed by atoms with Gasteiger partial charge in [-0.2, -0.15) is 0 Å². The average molecular weight is 374 g/mol. The number of morpholine rings is 1. The zero-order chi connectivity index (χ0) is 19.0. The molecule has 27 heavy (non-hydrogen) atoms. The Labute approximate surface area is 152 Å². The molecular formula is C18H16F2N4O3. The maximum atomic E-state index is 13.3. The maximum Gasteiger partial charge on any atom is 0.337 e. The normalized spacial score (nSPS) is 14.5. The second-order valence-corrected chi connectivity index (χ2v) is 6.16. The number of imidazole rings is 1. The Morgan fingerprint density at radius 2 is 1.85 bits per heavy atom. The van der Waals surface area contributed by atoms with Gasteiger partial charge in [0.1, 0.15) is 11.6 Å². The van der Waals surface area contributed by atoms with Crippen molar-refractivity contribution in [2.45, 2.75) is 0 Å². The third-order valence-electron chi connectivity index (χ3n) is 4.31. The van der Waals surface area contributed by atoms with Crippen molar-refractivity contribution in [1.29, 1.82) is 0 Å². The van der Waals surface area contributed by atoms with Crippen LogP contribution in [-0.2, 0) is 4.74 Å². The van der Waals surface area contributed by atoms with Gasteiger partial charge in [-0.15, -0.1) is 0 Å². The van der Waals surface area contributed by atoms with Crippen molar-refractivity contribution in [3.05, 3.63) is 47.5 Å². The molecular weight excluding hydrogens is 358 g/mol. The molecule has 2 heterocycles. The quantitative estimate of drug-likeness (QED) is 0.650. The number of aromatic nitrogens is 2. The molecule has 0 radical (unpaired) electrons. The number of hydrogen-bond acceptors (Lipinski definition) is 5. The molecule has 7 nitrogen and oxygen atoms in total. The number of H-pyrrole nitrogens is 1. The van der Waals surface area contributed by atoms with E-state index in [1.807, 2.05) is 4.90 Å². The van der Waals surface area contributed by atoms with Crippen molar-refractivity contribution >= 4 is 34.3 Å². The molecule has 1 fully saturated rings. The topological polar surface area (TPSA) is 90.5 Å². The first kappa shape index (κ1) is 17.2. The van der Waals surface area contributed by atoms with Crippen LogP contribution in [0.4, 0.5) is 26.1 Å². The summed E-state index contributed by atoms with van der Waals surface area (Å²) in [4.78, 5) is 20.9. The first-order valence-corrected chi connectivity index (χ1v) is 8.32. The molecule has 0 amide bonds. The Morgan fingerprint density at radius 1 is 1.15 bits per heavy atom. The standard InChI is InChI=1S/C18H16F2N4O3/c19-10-5-11(20)7-12(6-10)21-18-22-14-8-13(17(25)26)16(9-15(14)23-18)24-1-3-27-4-2-24/h5-9H,1-4H2,(H,25,26)(H2,21,22,23). The second-order valence-electron chi connectivity index (χ2n) is 6.16. The number of carboxylic acid groups (broad SMARTS) is 1. The minimum Gasteiger partial charge on any atom is -0.478 e. The van der Waals surface area contributed by atoms with Crippen LogP contribution in [0.15, 0.2) is 30.3 Å². The van der Waals surface area contributed by atoms with E-state index in [9.17, 15) is 18.7 Å². The minimum absolute atomic E-state index is 0.138. The molecule has 3 aromatic rings. The van der Waals surface area contributed by atoms with Gasteiger partial charge < -0.3 is 25.0 Å². The number of carbonyl (C=O) groups is 1. The summed E-state index contributed by atoms with van der Waals surface area (Å²) in [7, 11) is 0. The third-order valence-corrected chi connectivity index (χ3v) is 4.31. The van der Waals surface area contributed by atoms with E-state index in [1.165, 1.54) is 6.07 Å². The maximum absolute atomic E-state index is 13.3. The van der Waals surface area contributed by atoms with Crippen LogP contribution < -0.4 is 10.2 Å². The lowest BCUT2D eigenvalue weighted by atomic mass is 10.1. The van der Waals surface area contributed by atoms with E-state index < -0.39 is 17.6 Å². The van der Waals surface area contributed by atoms with Crippen LogP contribution >= 0.6 is 0 Å². The summed E-state index contributed by atoms with van der Waals surface area (Å²) < 4.78 is 32.0. The smallest absolute Gasteiger partial charge is 0.337 e. The summed E-state index contributed by atoms with van der Waals surface area (Å²) in [6, 6.07) is 6.25. The summed E-state index contributed by atoms with van der Waals surface area (Å²) in [5, 5.41) is 12.4. The number of nitrogens with one attached hydrogen (secondary N) is 2. The molecule has 0 atom stereocenters. The highest BCUT2D eigenvalue weighted by Crippen LogP contribution is 2.29. The Kier molecular flexibility index (Phi) is 4.36. The lowest BCUT2D eigenvalue weighted by molar-refractivity contribution is 0.0696. The fraction of sp³-hybridized carbons (Fsp3) is 0.222. The van der Waals surface area contributed by atoms with Gasteiger partial charge in [0.15, 0.2) is 0 Å². The van der Waals surface area contributed by atoms with Crippen molar-refractivity contribution in [1.82, 2.24) is 9.97 Å². The van der Waals surface area contributed by atoms with Crippen LogP contribution in [0.3, 0.4) is 0 Å². The molecule has 0 bridgehead atoms. The fourth-order valence-corrected chi connectivity index (χ4v) is 3.10. The predicted molar refractivity (Wildman–Crippen MR) is 95.7 cm³/mol. The summed E-state index contributed by atoms with van der Waals surface area (Å²) in [5.41, 5.74) is 1.95. The van der Waals surface area contributed by atoms with Crippen molar-refractivity contribution in [2.24, 2.45) is 0 Å². The van der Waals surface area contributed by atoms with Crippen LogP contribution in [0.2, 0.25) is 0 Å². The number of aromatic carboxylic acids is 1. The minimum atomic E-state index is -1.05. The van der Waals surface area contributed by atoms with Gasteiger partial charge >= 0.3 is 5.97 Å². The first-order valence-electron chi connectivity index (χ1n) is 8.32. The van der Waals surface area contributed by atoms with Crippen molar-refractivity contribution in [3.63, 3.8) is 0 Å². The first-order chi connectivity index (χ1) is 13.0. The molecule has 0 unspecified atom stereocenters. The van der Waals surface area contributed by atoms with Gasteiger partial charge in [-0.1, -0.05) is 0 Å². The van der Waals surface area contributed by atoms with Crippen LogP contribution in [-0.4, -0.2) is 47.3 Å². The summed E-state index contributed by atoms with van der Waals surface area (Å²) in [5.74, 6) is -2.22. The van der Waals surface area contributed by atoms with Gasteiger partial charge in [-0.25, -0.2) is 18.6 Å². The van der Waals surface area contributed by atoms with Crippen molar-refractivity contribution in [3.8, 4) is 0 Å². The Hall–Kier alpha value is -3.20. The van der Waals surface area contributed by atoms with E-state index in [1.54, 1.807) is 6.07 Å². The number of fused-ring (bicyclic) bond motifs is 1. The fourth-order valence-electron chi connectivity index (χ4n) is 3.10. The van der Waals surface area contributed by atoms with E-state index in [4.69, 9.17) is 4.74 Å². The van der Waals surface area contributed by atoms with Crippen molar-refractivity contribution < 1.29 is 23.4 Å². The van der Waals surface area contributed by atoms with E-state index in [2.05, 4.69) is 15.3 Å². The highest BCUT2D eigenvalue weighted by atomic mass is 19.1. The number of carboxylic acids is 1. The van der Waals surface area contributed by atoms with Crippen LogP contribution in [0.25, 0.3) is 11.0 Å². The number of aromatic amines is 1. The SMILES string of the molecule is O=C(O)c1cc2nc(Nc3cc(F)cc(F)c3)[nH]c2cc1N1CCOCC1. The van der Waals surface area contributed by atoms with Gasteiger partial charge in [0.25, 0.3) is 0 Å². The molecule has 0 aliphatic carbocycles. The summed E-state index contributed by atoms with van der Waals surface area (Å²) >= 11 is 0. The molecule has 140 valence electrons. The number of ether oxygens (including phenoxy) is 1. The molecule has 3 N–H and O–H groups in total. The zero-order valence-corrected chi connectivity index (χ0v) is 14.1. The molecule has 1 aliphatic rings. The Morgan fingerprint density at radius 3 is 2.52 bits per heavy atom. The number of hydrogen-bond donors (Lipinski definition) is 3. The van der Waals surface area contributed by atoms with E-state index >= 15 is 0 Å². The van der Waals surface area contributed by atoms with Gasteiger partial charge in [0.05, 0.1) is 35.5 Å². The number of anilines is 3. The molecule has 1 aromatic heterocycles. The summed E-state index contributed by atoms with van der Waals surface area (Å²) in [6.45, 7) is 2.23. The summed E-state index contributed by atoms with van der Waals surface area (Å²) in [6.07, 6.45) is 0. The second kappa shape index (κ2) is 6.84. The highest BCUT2D eigenvalue weighted by molar-refractivity contribution is 6.00. The number of halogens is 2. The van der Waals surface area contributed by atoms with E-state index in [0.717, 1.165) is 18.2 Å². The van der Waals surface area contributed by atoms with Crippen LogP contribution in [0.1, 0.15) is 10.4 Å².